The van der Waals surface area contributed by atoms with Gasteiger partial charge in [-0.15, -0.1) is 10.2 Å². The summed E-state index contributed by atoms with van der Waals surface area (Å²) in [5.74, 6) is 0.651. The molecule has 17 heavy (non-hydrogen) atoms. The highest BCUT2D eigenvalue weighted by atomic mass is 35.5. The van der Waals surface area contributed by atoms with Gasteiger partial charge in [-0.25, -0.2) is 0 Å². The molecule has 1 aromatic heterocycles. The van der Waals surface area contributed by atoms with E-state index in [2.05, 4.69) is 27.6 Å². The van der Waals surface area contributed by atoms with Crippen molar-refractivity contribution in [1.82, 2.24) is 10.2 Å². The van der Waals surface area contributed by atoms with Crippen molar-refractivity contribution >= 4 is 28.1 Å². The topological polar surface area (TPSA) is 37.8 Å². The van der Waals surface area contributed by atoms with E-state index in [1.807, 2.05) is 12.1 Å². The van der Waals surface area contributed by atoms with E-state index in [1.165, 1.54) is 5.56 Å². The molecule has 3 nitrogen and oxygen atoms in total. The van der Waals surface area contributed by atoms with Crippen LogP contribution in [0.1, 0.15) is 24.3 Å². The molecule has 1 aromatic carbocycles. The van der Waals surface area contributed by atoms with E-state index in [9.17, 15) is 0 Å². The molecule has 0 bridgehead atoms. The number of aromatic nitrogens is 2. The Balaban J connectivity index is 1.56. The summed E-state index contributed by atoms with van der Waals surface area (Å²) in [7, 11) is 0. The fourth-order valence-corrected chi connectivity index (χ4v) is 2.80. The zero-order chi connectivity index (χ0) is 11.7. The van der Waals surface area contributed by atoms with Gasteiger partial charge in [-0.2, -0.15) is 0 Å². The minimum atomic E-state index is 0.531. The van der Waals surface area contributed by atoms with Crippen molar-refractivity contribution in [2.24, 2.45) is 0 Å². The number of halogens is 1. The molecule has 1 aliphatic carbocycles. The zero-order valence-corrected chi connectivity index (χ0v) is 10.7. The Kier molecular flexibility index (Phi) is 2.99. The van der Waals surface area contributed by atoms with Crippen molar-refractivity contribution in [1.29, 1.82) is 0 Å². The lowest BCUT2D eigenvalue weighted by atomic mass is 9.76. The van der Waals surface area contributed by atoms with Gasteiger partial charge < -0.3 is 5.32 Å². The SMILES string of the molecule is Clc1ccc(C2CC(Nc3nncs3)C2)cc1. The number of benzene rings is 1. The van der Waals surface area contributed by atoms with Crippen molar-refractivity contribution < 1.29 is 0 Å². The molecule has 0 amide bonds. The highest BCUT2D eigenvalue weighted by Crippen LogP contribution is 2.38. The summed E-state index contributed by atoms with van der Waals surface area (Å²) >= 11 is 7.42. The minimum absolute atomic E-state index is 0.531. The molecule has 0 aliphatic heterocycles. The lowest BCUT2D eigenvalue weighted by Crippen LogP contribution is -2.33. The Morgan fingerprint density at radius 1 is 1.24 bits per heavy atom. The summed E-state index contributed by atoms with van der Waals surface area (Å²) in [6.07, 6.45) is 2.31. The number of hydrogen-bond donors (Lipinski definition) is 1. The van der Waals surface area contributed by atoms with Gasteiger partial charge in [-0.3, -0.25) is 0 Å². The van der Waals surface area contributed by atoms with Crippen LogP contribution in [-0.2, 0) is 0 Å². The van der Waals surface area contributed by atoms with E-state index in [-0.39, 0.29) is 0 Å². The van der Waals surface area contributed by atoms with Gasteiger partial charge in [0.05, 0.1) is 0 Å². The van der Waals surface area contributed by atoms with Gasteiger partial charge in [0.15, 0.2) is 0 Å². The smallest absolute Gasteiger partial charge is 0.205 e. The van der Waals surface area contributed by atoms with Gasteiger partial charge in [0, 0.05) is 11.1 Å². The molecule has 1 N–H and O–H groups in total. The molecule has 1 fully saturated rings. The number of nitrogens with one attached hydrogen (secondary N) is 1. The summed E-state index contributed by atoms with van der Waals surface area (Å²) < 4.78 is 0. The molecule has 0 spiro atoms. The van der Waals surface area contributed by atoms with Crippen LogP contribution in [0.2, 0.25) is 5.02 Å². The first-order valence-electron chi connectivity index (χ1n) is 5.59. The normalized spacial score (nSPS) is 23.1. The van der Waals surface area contributed by atoms with Gasteiger partial charge in [-0.05, 0) is 36.5 Å². The van der Waals surface area contributed by atoms with Crippen LogP contribution in [0.3, 0.4) is 0 Å². The second-order valence-electron chi connectivity index (χ2n) is 4.31. The van der Waals surface area contributed by atoms with E-state index in [1.54, 1.807) is 16.8 Å². The van der Waals surface area contributed by atoms with Gasteiger partial charge in [0.2, 0.25) is 5.13 Å². The summed E-state index contributed by atoms with van der Waals surface area (Å²) in [4.78, 5) is 0. The molecule has 0 radical (unpaired) electrons. The molecule has 0 saturated heterocycles. The molecule has 3 rings (SSSR count). The second-order valence-corrected chi connectivity index (χ2v) is 5.57. The summed E-state index contributed by atoms with van der Waals surface area (Å²) in [5, 5.41) is 12.9. The molecule has 0 atom stereocenters. The molecule has 1 heterocycles. The maximum absolute atomic E-state index is 5.87. The molecule has 2 aromatic rings. The first kappa shape index (κ1) is 11.0. The van der Waals surface area contributed by atoms with Crippen molar-refractivity contribution in [3.05, 3.63) is 40.4 Å². The van der Waals surface area contributed by atoms with Gasteiger partial charge >= 0.3 is 0 Å². The maximum Gasteiger partial charge on any atom is 0.205 e. The quantitative estimate of drug-likeness (QED) is 0.922. The van der Waals surface area contributed by atoms with Crippen LogP contribution in [0.5, 0.6) is 0 Å². The third kappa shape index (κ3) is 2.42. The average Bonchev–Trinajstić information content (AvgIpc) is 2.77. The number of hydrogen-bond acceptors (Lipinski definition) is 4. The van der Waals surface area contributed by atoms with Gasteiger partial charge in [0.25, 0.3) is 0 Å². The maximum atomic E-state index is 5.87. The van der Waals surface area contributed by atoms with E-state index in [4.69, 9.17) is 11.6 Å². The van der Waals surface area contributed by atoms with Crippen LogP contribution < -0.4 is 5.32 Å². The van der Waals surface area contributed by atoms with Crippen LogP contribution >= 0.6 is 22.9 Å². The molecule has 0 unspecified atom stereocenters. The van der Waals surface area contributed by atoms with Crippen molar-refractivity contribution in [2.45, 2.75) is 24.8 Å². The monoisotopic (exact) mass is 265 g/mol. The van der Waals surface area contributed by atoms with Crippen molar-refractivity contribution in [3.8, 4) is 0 Å². The Labute approximate surface area is 109 Å². The van der Waals surface area contributed by atoms with Gasteiger partial charge in [0.1, 0.15) is 5.51 Å². The highest BCUT2D eigenvalue weighted by Gasteiger charge is 2.30. The molecule has 5 heteroatoms. The number of rotatable bonds is 3. The largest absolute Gasteiger partial charge is 0.357 e. The highest BCUT2D eigenvalue weighted by molar-refractivity contribution is 7.13. The van der Waals surface area contributed by atoms with Crippen LogP contribution in [0.4, 0.5) is 5.13 Å². The standard InChI is InChI=1S/C12H12ClN3S/c13-10-3-1-8(2-4-10)9-5-11(6-9)15-12-16-14-7-17-12/h1-4,7,9,11H,5-6H2,(H,15,16). The molecule has 1 aliphatic rings. The molecule has 1 saturated carbocycles. The molecular weight excluding hydrogens is 254 g/mol. The van der Waals surface area contributed by atoms with Crippen LogP contribution in [0.25, 0.3) is 0 Å². The first-order valence-corrected chi connectivity index (χ1v) is 6.85. The molecule has 88 valence electrons. The summed E-state index contributed by atoms with van der Waals surface area (Å²) in [6.45, 7) is 0. The fourth-order valence-electron chi connectivity index (χ4n) is 2.15. The van der Waals surface area contributed by atoms with Crippen LogP contribution in [0.15, 0.2) is 29.8 Å². The zero-order valence-electron chi connectivity index (χ0n) is 9.14. The average molecular weight is 266 g/mol. The Morgan fingerprint density at radius 2 is 2.00 bits per heavy atom. The minimum Gasteiger partial charge on any atom is -0.357 e. The van der Waals surface area contributed by atoms with Crippen molar-refractivity contribution in [2.75, 3.05) is 5.32 Å². The second kappa shape index (κ2) is 4.63. The van der Waals surface area contributed by atoms with E-state index in [0.29, 0.717) is 12.0 Å². The Bertz CT molecular complexity index is 477. The van der Waals surface area contributed by atoms with Gasteiger partial charge in [-0.1, -0.05) is 35.1 Å². The fraction of sp³-hybridized carbons (Fsp3) is 0.333. The van der Waals surface area contributed by atoms with Crippen molar-refractivity contribution in [3.63, 3.8) is 0 Å². The van der Waals surface area contributed by atoms with E-state index >= 15 is 0 Å². The third-order valence-corrected chi connectivity index (χ3v) is 4.04. The molecular formula is C12H12ClN3S. The van der Waals surface area contributed by atoms with E-state index < -0.39 is 0 Å². The summed E-state index contributed by atoms with van der Waals surface area (Å²) in [6, 6.07) is 8.69. The lowest BCUT2D eigenvalue weighted by Gasteiger charge is -2.36. The predicted molar refractivity (Wildman–Crippen MR) is 70.7 cm³/mol. The number of nitrogens with zero attached hydrogens (tertiary/aromatic N) is 2. The predicted octanol–water partition coefficient (Wildman–Crippen LogP) is 3.55. The Morgan fingerprint density at radius 3 is 2.65 bits per heavy atom. The van der Waals surface area contributed by atoms with Crippen LogP contribution in [0, 0.1) is 0 Å². The van der Waals surface area contributed by atoms with Crippen LogP contribution in [-0.4, -0.2) is 16.2 Å². The Hall–Kier alpha value is -1.13. The first-order chi connectivity index (χ1) is 8.31. The number of anilines is 1. The lowest BCUT2D eigenvalue weighted by molar-refractivity contribution is 0.374. The third-order valence-electron chi connectivity index (χ3n) is 3.17. The summed E-state index contributed by atoms with van der Waals surface area (Å²) in [5.41, 5.74) is 3.13. The van der Waals surface area contributed by atoms with E-state index in [0.717, 1.165) is 23.0 Å².